The Hall–Kier alpha value is -0.0400. The van der Waals surface area contributed by atoms with Gasteiger partial charge in [0.05, 0.1) is 0 Å². The molecule has 0 aliphatic rings. The van der Waals surface area contributed by atoms with Gasteiger partial charge in [-0.2, -0.15) is 0 Å². The Balaban J connectivity index is 4.49. The maximum absolute atomic E-state index is 8.96. The highest BCUT2D eigenvalue weighted by molar-refractivity contribution is 4.53. The first kappa shape index (κ1) is 3.38. The Labute approximate surface area is 65.1 Å². The minimum Gasteiger partial charge on any atom is -0.396 e. The summed E-state index contributed by atoms with van der Waals surface area (Å²) >= 11 is 0. The molecule has 0 aromatic carbocycles. The number of hydrogen-bond donors (Lipinski definition) is 1. The fraction of sp³-hybridized carbons (Fsp3) is 1.00. The third-order valence-corrected chi connectivity index (χ3v) is 1.33. The third kappa shape index (κ3) is 4.46. The molecule has 1 atom stereocenters. The van der Waals surface area contributed by atoms with Gasteiger partial charge in [0, 0.05) is 13.5 Å². The molecule has 0 aromatic rings. The SMILES string of the molecule is [2H]C([2H])([2H])C([2H])([2H])C(CO)CCCC. The van der Waals surface area contributed by atoms with E-state index in [1.807, 2.05) is 6.92 Å². The maximum Gasteiger partial charge on any atom is 0.0459 e. The molecular weight excluding hydrogens is 112 g/mol. The summed E-state index contributed by atoms with van der Waals surface area (Å²) < 4.78 is 36.1. The van der Waals surface area contributed by atoms with Gasteiger partial charge >= 0.3 is 0 Å². The van der Waals surface area contributed by atoms with Crippen LogP contribution in [-0.2, 0) is 0 Å². The first-order chi connectivity index (χ1) is 6.27. The summed E-state index contributed by atoms with van der Waals surface area (Å²) in [5.74, 6) is -0.796. The van der Waals surface area contributed by atoms with Gasteiger partial charge < -0.3 is 5.11 Å². The van der Waals surface area contributed by atoms with Crippen molar-refractivity contribution in [3.63, 3.8) is 0 Å². The molecule has 1 unspecified atom stereocenters. The van der Waals surface area contributed by atoms with Crippen LogP contribution in [0.15, 0.2) is 0 Å². The van der Waals surface area contributed by atoms with Crippen LogP contribution in [0.4, 0.5) is 0 Å². The lowest BCUT2D eigenvalue weighted by Crippen LogP contribution is -2.03. The summed E-state index contributed by atoms with van der Waals surface area (Å²) in [6.07, 6.45) is -0.274. The van der Waals surface area contributed by atoms with Gasteiger partial charge in [-0.15, -0.1) is 0 Å². The van der Waals surface area contributed by atoms with E-state index in [0.717, 1.165) is 12.8 Å². The van der Waals surface area contributed by atoms with Crippen molar-refractivity contribution in [2.24, 2.45) is 5.92 Å². The molecule has 0 saturated heterocycles. The predicted molar refractivity (Wildman–Crippen MR) is 40.4 cm³/mol. The highest BCUT2D eigenvalue weighted by Crippen LogP contribution is 2.10. The smallest absolute Gasteiger partial charge is 0.0459 e. The molecule has 1 N–H and O–H groups in total. The fourth-order valence-corrected chi connectivity index (χ4v) is 0.660. The zero-order valence-corrected chi connectivity index (χ0v) is 5.85. The van der Waals surface area contributed by atoms with Crippen LogP contribution in [0.25, 0.3) is 0 Å². The maximum atomic E-state index is 8.96. The minimum atomic E-state index is -2.66. The second-order valence-corrected chi connectivity index (χ2v) is 2.17. The van der Waals surface area contributed by atoms with Gasteiger partial charge in [-0.1, -0.05) is 33.0 Å². The van der Waals surface area contributed by atoms with E-state index >= 15 is 0 Å². The molecule has 0 bridgehead atoms. The van der Waals surface area contributed by atoms with Crippen molar-refractivity contribution in [1.29, 1.82) is 0 Å². The van der Waals surface area contributed by atoms with Gasteiger partial charge in [0.25, 0.3) is 0 Å². The lowest BCUT2D eigenvalue weighted by atomic mass is 10.0. The van der Waals surface area contributed by atoms with Crippen molar-refractivity contribution in [2.45, 2.75) is 39.4 Å². The molecule has 1 heteroatoms. The largest absolute Gasteiger partial charge is 0.396 e. The van der Waals surface area contributed by atoms with Crippen molar-refractivity contribution in [1.82, 2.24) is 0 Å². The summed E-state index contributed by atoms with van der Waals surface area (Å²) in [5, 5.41) is 8.96. The molecule has 56 valence electrons. The molecule has 0 saturated carbocycles. The summed E-state index contributed by atoms with van der Waals surface area (Å²) in [5.41, 5.74) is 0. The van der Waals surface area contributed by atoms with Crippen LogP contribution in [0.3, 0.4) is 0 Å². The van der Waals surface area contributed by atoms with Crippen LogP contribution >= 0.6 is 0 Å². The molecule has 0 aliphatic heterocycles. The predicted octanol–water partition coefficient (Wildman–Crippen LogP) is 2.20. The Morgan fingerprint density at radius 1 is 1.78 bits per heavy atom. The van der Waals surface area contributed by atoms with E-state index in [9.17, 15) is 0 Å². The van der Waals surface area contributed by atoms with Gasteiger partial charge in [0.1, 0.15) is 0 Å². The van der Waals surface area contributed by atoms with Gasteiger partial charge in [-0.25, -0.2) is 0 Å². The molecular formula is C8H18O. The highest BCUT2D eigenvalue weighted by atomic mass is 16.3. The van der Waals surface area contributed by atoms with Crippen molar-refractivity contribution in [2.75, 3.05) is 6.61 Å². The minimum absolute atomic E-state index is 0.411. The van der Waals surface area contributed by atoms with E-state index in [2.05, 4.69) is 0 Å². The molecule has 0 fully saturated rings. The molecule has 0 heterocycles. The Kier molecular flexibility index (Phi) is 2.29. The number of aliphatic hydroxyl groups excluding tert-OH is 1. The van der Waals surface area contributed by atoms with E-state index in [1.54, 1.807) is 0 Å². The van der Waals surface area contributed by atoms with Crippen molar-refractivity contribution in [3.05, 3.63) is 0 Å². The highest BCUT2D eigenvalue weighted by Gasteiger charge is 2.01. The lowest BCUT2D eigenvalue weighted by molar-refractivity contribution is 0.212. The summed E-state index contributed by atoms with van der Waals surface area (Å²) in [6, 6.07) is 0. The van der Waals surface area contributed by atoms with Crippen molar-refractivity contribution in [3.8, 4) is 0 Å². The third-order valence-electron chi connectivity index (χ3n) is 1.33. The van der Waals surface area contributed by atoms with Crippen LogP contribution in [0.5, 0.6) is 0 Å². The van der Waals surface area contributed by atoms with Crippen LogP contribution < -0.4 is 0 Å². The molecule has 0 rings (SSSR count). The second-order valence-electron chi connectivity index (χ2n) is 2.17. The molecule has 0 amide bonds. The zero-order valence-electron chi connectivity index (χ0n) is 10.9. The van der Waals surface area contributed by atoms with E-state index in [4.69, 9.17) is 12.0 Å². The quantitative estimate of drug-likeness (QED) is 0.612. The van der Waals surface area contributed by atoms with Crippen LogP contribution in [-0.4, -0.2) is 11.7 Å². The number of hydrogen-bond acceptors (Lipinski definition) is 1. The zero-order chi connectivity index (χ0) is 11.4. The summed E-state index contributed by atoms with van der Waals surface area (Å²) in [4.78, 5) is 0. The second kappa shape index (κ2) is 6.09. The van der Waals surface area contributed by atoms with Crippen molar-refractivity contribution >= 4 is 0 Å². The van der Waals surface area contributed by atoms with E-state index in [-0.39, 0.29) is 0 Å². The molecule has 1 nitrogen and oxygen atoms in total. The Morgan fingerprint density at radius 2 is 2.56 bits per heavy atom. The van der Waals surface area contributed by atoms with Gasteiger partial charge in [-0.05, 0) is 12.3 Å². The number of rotatable bonds is 5. The average molecular weight is 135 g/mol. The van der Waals surface area contributed by atoms with Gasteiger partial charge in [0.2, 0.25) is 0 Å². The van der Waals surface area contributed by atoms with E-state index in [1.165, 1.54) is 0 Å². The lowest BCUT2D eigenvalue weighted by Gasteiger charge is -2.08. The molecule has 0 radical (unpaired) electrons. The average Bonchev–Trinajstić information content (AvgIpc) is 2.03. The van der Waals surface area contributed by atoms with Gasteiger partial charge in [-0.3, -0.25) is 0 Å². The normalized spacial score (nSPS) is 24.9. The summed E-state index contributed by atoms with van der Waals surface area (Å²) in [6.45, 7) is -1.13. The Morgan fingerprint density at radius 3 is 3.00 bits per heavy atom. The molecule has 0 aliphatic carbocycles. The van der Waals surface area contributed by atoms with Gasteiger partial charge in [0.15, 0.2) is 0 Å². The first-order valence-electron chi connectivity index (χ1n) is 5.88. The Bertz CT molecular complexity index is 166. The molecule has 0 spiro atoms. The van der Waals surface area contributed by atoms with Crippen LogP contribution in [0.1, 0.15) is 46.3 Å². The number of unbranched alkanes of at least 4 members (excludes halogenated alkanes) is 1. The standard InChI is InChI=1S/C8H18O/c1-3-5-6-8(4-2)7-9/h8-9H,3-7H2,1-2H3/i2D3,4D2. The first-order valence-corrected chi connectivity index (χ1v) is 3.38. The van der Waals surface area contributed by atoms with Crippen LogP contribution in [0.2, 0.25) is 0 Å². The molecule has 9 heavy (non-hydrogen) atoms. The monoisotopic (exact) mass is 135 g/mol. The molecule has 0 aromatic heterocycles. The van der Waals surface area contributed by atoms with Crippen LogP contribution in [0, 0.1) is 5.92 Å². The summed E-state index contributed by atoms with van der Waals surface area (Å²) in [7, 11) is 0. The van der Waals surface area contributed by atoms with E-state index < -0.39 is 25.7 Å². The fourth-order valence-electron chi connectivity index (χ4n) is 0.660. The topological polar surface area (TPSA) is 20.2 Å². The number of aliphatic hydroxyl groups is 1. The van der Waals surface area contributed by atoms with Crippen molar-refractivity contribution < 1.29 is 12.0 Å². The van der Waals surface area contributed by atoms with E-state index in [0.29, 0.717) is 6.42 Å².